The van der Waals surface area contributed by atoms with Crippen LogP contribution in [0.25, 0.3) is 10.1 Å². The van der Waals surface area contributed by atoms with E-state index in [2.05, 4.69) is 10.3 Å². The van der Waals surface area contributed by atoms with Crippen molar-refractivity contribution in [1.29, 1.82) is 0 Å². The van der Waals surface area contributed by atoms with Crippen LogP contribution in [0.1, 0.15) is 38.5 Å². The number of aryl methyl sites for hydroxylation is 2. The van der Waals surface area contributed by atoms with Gasteiger partial charge in [-0.25, -0.2) is 4.79 Å². The molecule has 0 aliphatic carbocycles. The maximum atomic E-state index is 12.9. The lowest BCUT2D eigenvalue weighted by Crippen LogP contribution is -2.27. The van der Waals surface area contributed by atoms with Crippen LogP contribution in [0.4, 0.5) is 5.00 Å². The van der Waals surface area contributed by atoms with Gasteiger partial charge in [0.1, 0.15) is 6.61 Å². The molecule has 4 aromatic rings. The molecule has 8 heteroatoms. The van der Waals surface area contributed by atoms with E-state index in [0.717, 1.165) is 32.3 Å². The summed E-state index contributed by atoms with van der Waals surface area (Å²) in [6, 6.07) is 14.8. The van der Waals surface area contributed by atoms with Crippen molar-refractivity contribution in [2.24, 2.45) is 5.73 Å². The summed E-state index contributed by atoms with van der Waals surface area (Å²) in [7, 11) is 0. The molecule has 2 heterocycles. The number of halogens is 1. The number of fused-ring (bicyclic) bond motifs is 1. The molecule has 1 amide bonds. The average Bonchev–Trinajstić information content (AvgIpc) is 3.22. The van der Waals surface area contributed by atoms with Crippen LogP contribution in [0.2, 0.25) is 5.02 Å². The molecule has 2 aromatic heterocycles. The maximum absolute atomic E-state index is 12.9. The second kappa shape index (κ2) is 10.3. The van der Waals surface area contributed by atoms with Gasteiger partial charge in [-0.15, -0.1) is 11.3 Å². The number of esters is 1. The van der Waals surface area contributed by atoms with Crippen molar-refractivity contribution in [2.45, 2.75) is 26.4 Å². The number of anilines is 1. The number of nitrogens with zero attached hydrogens (tertiary/aromatic N) is 1. The number of thiophene rings is 1. The number of hydrogen-bond acceptors (Lipinski definition) is 6. The number of rotatable bonds is 7. The van der Waals surface area contributed by atoms with Crippen LogP contribution in [0.5, 0.6) is 0 Å². The molecular formula is C26H24ClN3O3S. The van der Waals surface area contributed by atoms with Crippen LogP contribution in [0.15, 0.2) is 60.9 Å². The molecule has 0 fully saturated rings. The third kappa shape index (κ3) is 5.28. The number of carbonyl (C=O) groups is 2. The van der Waals surface area contributed by atoms with E-state index < -0.39 is 5.92 Å². The molecule has 0 saturated heterocycles. The van der Waals surface area contributed by atoms with Gasteiger partial charge in [0.25, 0.3) is 0 Å². The quantitative estimate of drug-likeness (QED) is 0.326. The Bertz CT molecular complexity index is 1350. The topological polar surface area (TPSA) is 94.3 Å². The Hall–Kier alpha value is -3.26. The molecule has 0 radical (unpaired) electrons. The van der Waals surface area contributed by atoms with Crippen LogP contribution in [-0.4, -0.2) is 23.4 Å². The van der Waals surface area contributed by atoms with Crippen molar-refractivity contribution >= 4 is 49.9 Å². The molecule has 0 aliphatic heterocycles. The Morgan fingerprint density at radius 3 is 2.56 bits per heavy atom. The molecule has 6 nitrogen and oxygen atoms in total. The largest absolute Gasteiger partial charge is 0.457 e. The van der Waals surface area contributed by atoms with Crippen molar-refractivity contribution in [3.05, 3.63) is 93.8 Å². The summed E-state index contributed by atoms with van der Waals surface area (Å²) in [5.41, 5.74) is 10.1. The van der Waals surface area contributed by atoms with Gasteiger partial charge in [-0.2, -0.15) is 0 Å². The molecule has 174 valence electrons. The van der Waals surface area contributed by atoms with Crippen molar-refractivity contribution in [3.63, 3.8) is 0 Å². The molecule has 4 rings (SSSR count). The molecule has 0 bridgehead atoms. The second-order valence-electron chi connectivity index (χ2n) is 8.06. The molecule has 0 spiro atoms. The van der Waals surface area contributed by atoms with Crippen LogP contribution >= 0.6 is 22.9 Å². The summed E-state index contributed by atoms with van der Waals surface area (Å²) in [6.45, 7) is 4.16. The minimum Gasteiger partial charge on any atom is -0.457 e. The first kappa shape index (κ1) is 23.9. The van der Waals surface area contributed by atoms with Crippen LogP contribution in [0, 0.1) is 13.8 Å². The van der Waals surface area contributed by atoms with Gasteiger partial charge in [-0.05, 0) is 42.7 Å². The molecular weight excluding hydrogens is 470 g/mol. The summed E-state index contributed by atoms with van der Waals surface area (Å²) in [5.74, 6) is -1.09. The monoisotopic (exact) mass is 493 g/mol. The van der Waals surface area contributed by atoms with Crippen molar-refractivity contribution < 1.29 is 14.3 Å². The van der Waals surface area contributed by atoms with Gasteiger partial charge in [0.15, 0.2) is 0 Å². The highest BCUT2D eigenvalue weighted by atomic mass is 35.5. The minimum atomic E-state index is -0.523. The zero-order valence-electron chi connectivity index (χ0n) is 18.8. The zero-order valence-corrected chi connectivity index (χ0v) is 20.4. The second-order valence-corrected chi connectivity index (χ2v) is 9.55. The van der Waals surface area contributed by atoms with Crippen LogP contribution < -0.4 is 11.1 Å². The van der Waals surface area contributed by atoms with Gasteiger partial charge in [-0.3, -0.25) is 9.78 Å². The standard InChI is InChI=1S/C26H24ClN3O3S/c1-15-3-8-19(16(2)9-15)26(32)33-14-17-4-6-18(7-5-17)21(11-28)25(31)30-24-10-20-22(27)12-29-13-23(20)34-24/h3-10,12-13,21H,11,14,28H2,1-2H3,(H,30,31)/t21-/m1/s1. The summed E-state index contributed by atoms with van der Waals surface area (Å²) >= 11 is 7.59. The van der Waals surface area contributed by atoms with E-state index in [1.165, 1.54) is 11.3 Å². The van der Waals surface area contributed by atoms with Gasteiger partial charge >= 0.3 is 5.97 Å². The Morgan fingerprint density at radius 1 is 1.12 bits per heavy atom. The molecule has 1 atom stereocenters. The number of hydrogen-bond donors (Lipinski definition) is 2. The Balaban J connectivity index is 1.40. The summed E-state index contributed by atoms with van der Waals surface area (Å²) in [4.78, 5) is 29.4. The highest BCUT2D eigenvalue weighted by Gasteiger charge is 2.20. The molecule has 0 aliphatic rings. The van der Waals surface area contributed by atoms with E-state index in [9.17, 15) is 9.59 Å². The van der Waals surface area contributed by atoms with Crippen molar-refractivity contribution in [2.75, 3.05) is 11.9 Å². The predicted molar refractivity (Wildman–Crippen MR) is 137 cm³/mol. The zero-order chi connectivity index (χ0) is 24.2. The maximum Gasteiger partial charge on any atom is 0.338 e. The first-order valence-electron chi connectivity index (χ1n) is 10.7. The van der Waals surface area contributed by atoms with Crippen molar-refractivity contribution in [1.82, 2.24) is 4.98 Å². The predicted octanol–water partition coefficient (Wildman–Crippen LogP) is 5.60. The van der Waals surface area contributed by atoms with Gasteiger partial charge in [-0.1, -0.05) is 53.6 Å². The number of nitrogens with one attached hydrogen (secondary N) is 1. The van der Waals surface area contributed by atoms with E-state index >= 15 is 0 Å². The number of carbonyl (C=O) groups excluding carboxylic acids is 2. The molecule has 0 unspecified atom stereocenters. The van der Waals surface area contributed by atoms with Gasteiger partial charge in [0.05, 0.1) is 26.2 Å². The molecule has 34 heavy (non-hydrogen) atoms. The molecule has 3 N–H and O–H groups in total. The Morgan fingerprint density at radius 2 is 1.88 bits per heavy atom. The lowest BCUT2D eigenvalue weighted by atomic mass is 9.97. The third-order valence-electron chi connectivity index (χ3n) is 5.55. The van der Waals surface area contributed by atoms with E-state index in [-0.39, 0.29) is 25.0 Å². The van der Waals surface area contributed by atoms with Crippen LogP contribution in [0.3, 0.4) is 0 Å². The number of benzene rings is 2. The van der Waals surface area contributed by atoms with E-state index in [4.69, 9.17) is 22.1 Å². The van der Waals surface area contributed by atoms with Crippen LogP contribution in [-0.2, 0) is 16.1 Å². The summed E-state index contributed by atoms with van der Waals surface area (Å²) in [6.07, 6.45) is 3.29. The number of nitrogens with two attached hydrogens (primary N) is 1. The first-order valence-corrected chi connectivity index (χ1v) is 11.9. The number of ether oxygens (including phenoxy) is 1. The normalized spacial score (nSPS) is 11.9. The van der Waals surface area contributed by atoms with E-state index in [1.54, 1.807) is 18.5 Å². The fourth-order valence-electron chi connectivity index (χ4n) is 3.71. The van der Waals surface area contributed by atoms with Gasteiger partial charge in [0.2, 0.25) is 5.91 Å². The highest BCUT2D eigenvalue weighted by molar-refractivity contribution is 7.23. The smallest absolute Gasteiger partial charge is 0.338 e. The Labute approximate surface area is 206 Å². The average molecular weight is 494 g/mol. The Kier molecular flexibility index (Phi) is 7.26. The number of pyridine rings is 1. The lowest BCUT2D eigenvalue weighted by molar-refractivity contribution is -0.117. The lowest BCUT2D eigenvalue weighted by Gasteiger charge is -2.15. The van der Waals surface area contributed by atoms with Gasteiger partial charge < -0.3 is 15.8 Å². The van der Waals surface area contributed by atoms with E-state index in [1.807, 2.05) is 56.3 Å². The highest BCUT2D eigenvalue weighted by Crippen LogP contribution is 2.34. The van der Waals surface area contributed by atoms with Gasteiger partial charge in [0, 0.05) is 24.3 Å². The van der Waals surface area contributed by atoms with E-state index in [0.29, 0.717) is 15.6 Å². The fraction of sp³-hybridized carbons (Fsp3) is 0.192. The third-order valence-corrected chi connectivity index (χ3v) is 6.84. The molecule has 2 aromatic carbocycles. The SMILES string of the molecule is Cc1ccc(C(=O)OCc2ccc([C@@H](CN)C(=O)Nc3cc4c(Cl)cncc4s3)cc2)c(C)c1. The summed E-state index contributed by atoms with van der Waals surface area (Å²) in [5, 5.41) is 5.01. The number of amides is 1. The number of aromatic nitrogens is 1. The minimum absolute atomic E-state index is 0.141. The fourth-order valence-corrected chi connectivity index (χ4v) is 4.93. The van der Waals surface area contributed by atoms with Crippen molar-refractivity contribution in [3.8, 4) is 0 Å². The summed E-state index contributed by atoms with van der Waals surface area (Å²) < 4.78 is 6.36. The first-order chi connectivity index (χ1) is 16.4. The molecule has 0 saturated carbocycles.